The van der Waals surface area contributed by atoms with Crippen LogP contribution in [0.3, 0.4) is 0 Å². The van der Waals surface area contributed by atoms with E-state index in [0.717, 1.165) is 31.0 Å². The number of halogens is 1. The monoisotopic (exact) mass is 483 g/mol. The van der Waals surface area contributed by atoms with Crippen LogP contribution in [-0.2, 0) is 14.4 Å². The number of thiocarbonyl (C=S) groups is 1. The largest absolute Gasteiger partial charge is 0.322 e. The van der Waals surface area contributed by atoms with Crippen LogP contribution in [0.2, 0.25) is 0 Å². The average molecular weight is 484 g/mol. The van der Waals surface area contributed by atoms with Crippen LogP contribution in [0.5, 0.6) is 0 Å². The number of benzene rings is 2. The Balaban J connectivity index is 1.61. The van der Waals surface area contributed by atoms with Gasteiger partial charge in [0.05, 0.1) is 21.9 Å². The maximum atomic E-state index is 13.9. The molecule has 3 amide bonds. The van der Waals surface area contributed by atoms with Crippen LogP contribution < -0.4 is 10.2 Å². The lowest BCUT2D eigenvalue weighted by molar-refractivity contribution is -0.122. The van der Waals surface area contributed by atoms with Crippen LogP contribution in [0.1, 0.15) is 31.7 Å². The molecule has 4 rings (SSSR count). The molecule has 2 aliphatic heterocycles. The minimum absolute atomic E-state index is 0.0376. The predicted octanol–water partition coefficient (Wildman–Crippen LogP) is 4.57. The molecular weight excluding hydrogens is 461 g/mol. The van der Waals surface area contributed by atoms with Crippen molar-refractivity contribution in [2.75, 3.05) is 23.3 Å². The van der Waals surface area contributed by atoms with Crippen molar-refractivity contribution >= 4 is 63.0 Å². The molecule has 6 nitrogen and oxygen atoms in total. The topological polar surface area (TPSA) is 69.7 Å². The van der Waals surface area contributed by atoms with Crippen LogP contribution in [0.25, 0.3) is 5.57 Å². The van der Waals surface area contributed by atoms with Gasteiger partial charge in [-0.05, 0) is 24.6 Å². The molecular formula is C24H22FN3O3S2. The molecule has 2 aromatic carbocycles. The van der Waals surface area contributed by atoms with Gasteiger partial charge in [-0.1, -0.05) is 74.1 Å². The van der Waals surface area contributed by atoms with Crippen molar-refractivity contribution in [3.05, 3.63) is 64.8 Å². The fourth-order valence-electron chi connectivity index (χ4n) is 3.81. The van der Waals surface area contributed by atoms with Gasteiger partial charge < -0.3 is 5.32 Å². The highest BCUT2D eigenvalue weighted by Gasteiger charge is 2.42. The van der Waals surface area contributed by atoms with E-state index in [1.807, 2.05) is 0 Å². The predicted molar refractivity (Wildman–Crippen MR) is 132 cm³/mol. The standard InChI is InChI=1S/C24H22FN3O3S2/c1-2-3-8-13-27-23(31)21(33-24(27)32)20-15-9-4-7-12-18(15)28(22(20)30)14-19(29)26-17-11-6-5-10-16(17)25/h4-7,9-12H,2-3,8,13-14H2,1H3,(H,26,29)/b21-20-. The molecule has 0 bridgehead atoms. The first kappa shape index (κ1) is 23.1. The van der Waals surface area contributed by atoms with Crippen molar-refractivity contribution in [3.63, 3.8) is 0 Å². The molecule has 1 fully saturated rings. The van der Waals surface area contributed by atoms with Crippen LogP contribution in [0.4, 0.5) is 15.8 Å². The summed E-state index contributed by atoms with van der Waals surface area (Å²) in [4.78, 5) is 42.3. The molecule has 33 heavy (non-hydrogen) atoms. The molecule has 0 aliphatic carbocycles. The van der Waals surface area contributed by atoms with Gasteiger partial charge in [0.2, 0.25) is 5.91 Å². The van der Waals surface area contributed by atoms with Gasteiger partial charge in [0.25, 0.3) is 11.8 Å². The molecule has 2 heterocycles. The molecule has 0 spiro atoms. The zero-order valence-corrected chi connectivity index (χ0v) is 19.6. The first-order valence-corrected chi connectivity index (χ1v) is 11.9. The van der Waals surface area contributed by atoms with Gasteiger partial charge >= 0.3 is 0 Å². The lowest BCUT2D eigenvalue weighted by Crippen LogP contribution is -2.35. The number of carbonyl (C=O) groups is 3. The molecule has 2 aliphatic rings. The highest BCUT2D eigenvalue weighted by Crippen LogP contribution is 2.44. The van der Waals surface area contributed by atoms with Gasteiger partial charge in [-0.15, -0.1) is 0 Å². The van der Waals surface area contributed by atoms with Crippen LogP contribution in [-0.4, -0.2) is 40.0 Å². The van der Waals surface area contributed by atoms with E-state index in [9.17, 15) is 18.8 Å². The molecule has 0 atom stereocenters. The number of carbonyl (C=O) groups excluding carboxylic acids is 3. The average Bonchev–Trinajstić information content (AvgIpc) is 3.23. The van der Waals surface area contributed by atoms with E-state index in [1.54, 1.807) is 35.2 Å². The Morgan fingerprint density at radius 3 is 2.52 bits per heavy atom. The summed E-state index contributed by atoms with van der Waals surface area (Å²) < 4.78 is 14.3. The van der Waals surface area contributed by atoms with Gasteiger partial charge in [0, 0.05) is 12.1 Å². The number of nitrogens with one attached hydrogen (secondary N) is 1. The molecule has 1 saturated heterocycles. The Morgan fingerprint density at radius 2 is 1.76 bits per heavy atom. The summed E-state index contributed by atoms with van der Waals surface area (Å²) in [5, 5.41) is 2.50. The number of thioether (sulfide) groups is 1. The smallest absolute Gasteiger partial charge is 0.267 e. The van der Waals surface area contributed by atoms with Crippen molar-refractivity contribution in [1.82, 2.24) is 4.90 Å². The number of nitrogens with zero attached hydrogens (tertiary/aromatic N) is 2. The van der Waals surface area contributed by atoms with Crippen molar-refractivity contribution < 1.29 is 18.8 Å². The maximum absolute atomic E-state index is 13.9. The quantitative estimate of drug-likeness (QED) is 0.355. The van der Waals surface area contributed by atoms with Gasteiger partial charge in [-0.3, -0.25) is 24.2 Å². The molecule has 0 unspecified atom stereocenters. The van der Waals surface area contributed by atoms with E-state index in [-0.39, 0.29) is 28.6 Å². The normalized spacial score (nSPS) is 17.7. The van der Waals surface area contributed by atoms with Crippen LogP contribution in [0.15, 0.2) is 53.4 Å². The van der Waals surface area contributed by atoms with Crippen molar-refractivity contribution in [1.29, 1.82) is 0 Å². The van der Waals surface area contributed by atoms with Gasteiger partial charge in [-0.25, -0.2) is 4.39 Å². The van der Waals surface area contributed by atoms with Crippen LogP contribution in [0, 0.1) is 5.82 Å². The van der Waals surface area contributed by atoms with Crippen molar-refractivity contribution in [3.8, 4) is 0 Å². The number of anilines is 2. The van der Waals surface area contributed by atoms with E-state index in [1.165, 1.54) is 23.1 Å². The Labute approximate surface area is 200 Å². The Hall–Kier alpha value is -3.04. The summed E-state index contributed by atoms with van der Waals surface area (Å²) in [6.07, 6.45) is 2.83. The molecule has 1 N–H and O–H groups in total. The third-order valence-electron chi connectivity index (χ3n) is 5.43. The maximum Gasteiger partial charge on any atom is 0.267 e. The second kappa shape index (κ2) is 9.84. The van der Waals surface area contributed by atoms with E-state index >= 15 is 0 Å². The van der Waals surface area contributed by atoms with E-state index in [4.69, 9.17) is 12.2 Å². The fourth-order valence-corrected chi connectivity index (χ4v) is 5.19. The molecule has 9 heteroatoms. The minimum atomic E-state index is -0.563. The Bertz CT molecular complexity index is 1180. The van der Waals surface area contributed by atoms with E-state index in [0.29, 0.717) is 22.1 Å². The third-order valence-corrected chi connectivity index (χ3v) is 6.88. The number of para-hydroxylation sites is 2. The molecule has 170 valence electrons. The number of amides is 3. The molecule has 0 aromatic heterocycles. The lowest BCUT2D eigenvalue weighted by atomic mass is 10.1. The lowest BCUT2D eigenvalue weighted by Gasteiger charge is -2.17. The highest BCUT2D eigenvalue weighted by molar-refractivity contribution is 8.26. The summed E-state index contributed by atoms with van der Waals surface area (Å²) in [7, 11) is 0. The van der Waals surface area contributed by atoms with Gasteiger partial charge in [0.1, 0.15) is 16.7 Å². The first-order chi connectivity index (χ1) is 15.9. The zero-order chi connectivity index (χ0) is 23.5. The van der Waals surface area contributed by atoms with Gasteiger partial charge in [0.15, 0.2) is 0 Å². The van der Waals surface area contributed by atoms with Crippen molar-refractivity contribution in [2.24, 2.45) is 0 Å². The minimum Gasteiger partial charge on any atom is -0.322 e. The molecule has 0 radical (unpaired) electrons. The van der Waals surface area contributed by atoms with E-state index < -0.39 is 17.6 Å². The second-order valence-electron chi connectivity index (χ2n) is 7.67. The second-order valence-corrected chi connectivity index (χ2v) is 9.32. The fraction of sp³-hybridized carbons (Fsp3) is 0.250. The number of fused-ring (bicyclic) bond motifs is 1. The summed E-state index contributed by atoms with van der Waals surface area (Å²) >= 11 is 6.53. The number of unbranched alkanes of at least 4 members (excludes halogenated alkanes) is 2. The zero-order valence-electron chi connectivity index (χ0n) is 18.0. The Kier molecular flexibility index (Phi) is 6.90. The summed E-state index contributed by atoms with van der Waals surface area (Å²) in [5.74, 6) is -1.84. The first-order valence-electron chi connectivity index (χ1n) is 10.7. The highest BCUT2D eigenvalue weighted by atomic mass is 32.2. The number of hydrogen-bond acceptors (Lipinski definition) is 5. The molecule has 0 saturated carbocycles. The van der Waals surface area contributed by atoms with Gasteiger partial charge in [-0.2, -0.15) is 0 Å². The summed E-state index contributed by atoms with van der Waals surface area (Å²) in [6.45, 7) is 2.28. The third kappa shape index (κ3) is 4.56. The summed E-state index contributed by atoms with van der Waals surface area (Å²) in [5.41, 5.74) is 1.39. The number of hydrogen-bond donors (Lipinski definition) is 1. The SMILES string of the molecule is CCCCCN1C(=O)/C(=C2/C(=O)N(CC(=O)Nc3ccccc3F)c3ccccc32)SC1=S. The molecule has 2 aromatic rings. The van der Waals surface area contributed by atoms with E-state index in [2.05, 4.69) is 12.2 Å². The summed E-state index contributed by atoms with van der Waals surface area (Å²) in [6, 6.07) is 12.8. The van der Waals surface area contributed by atoms with Crippen molar-refractivity contribution in [2.45, 2.75) is 26.2 Å². The van der Waals surface area contributed by atoms with Crippen LogP contribution >= 0.6 is 24.0 Å². The number of rotatable bonds is 7. The Morgan fingerprint density at radius 1 is 1.03 bits per heavy atom.